The summed E-state index contributed by atoms with van der Waals surface area (Å²) in [5, 5.41) is 0.0662. The van der Waals surface area contributed by atoms with Gasteiger partial charge in [0.2, 0.25) is 5.82 Å². The van der Waals surface area contributed by atoms with Crippen molar-refractivity contribution in [3.63, 3.8) is 0 Å². The Bertz CT molecular complexity index is 229. The predicted octanol–water partition coefficient (Wildman–Crippen LogP) is 1.23. The van der Waals surface area contributed by atoms with Crippen LogP contribution in [0.2, 0.25) is 0 Å². The van der Waals surface area contributed by atoms with Crippen molar-refractivity contribution in [2.45, 2.75) is 12.8 Å². The highest BCUT2D eigenvalue weighted by Crippen LogP contribution is 2.25. The summed E-state index contributed by atoms with van der Waals surface area (Å²) in [6.07, 6.45) is 0. The molecule has 0 aliphatic heterocycles. The minimum atomic E-state index is -2.98. The zero-order valence-corrected chi connectivity index (χ0v) is 5.95. The van der Waals surface area contributed by atoms with Gasteiger partial charge in [0.1, 0.15) is 0 Å². The summed E-state index contributed by atoms with van der Waals surface area (Å²) in [7, 11) is 0. The van der Waals surface area contributed by atoms with Gasteiger partial charge in [0.25, 0.3) is 0 Å². The summed E-state index contributed by atoms with van der Waals surface area (Å²) >= 11 is 0.768. The van der Waals surface area contributed by atoms with Crippen LogP contribution in [0.3, 0.4) is 0 Å². The molecule has 0 fully saturated rings. The summed E-state index contributed by atoms with van der Waals surface area (Å²) in [5.41, 5.74) is 5.09. The van der Waals surface area contributed by atoms with E-state index in [0.717, 1.165) is 18.5 Å². The van der Waals surface area contributed by atoms with Crippen LogP contribution < -0.4 is 5.73 Å². The molecule has 1 rings (SSSR count). The lowest BCUT2D eigenvalue weighted by atomic mass is 10.4. The Kier molecular flexibility index (Phi) is 1.55. The molecule has 0 spiro atoms. The average molecular weight is 165 g/mol. The number of nitrogens with two attached hydrogens (primary N) is 1. The first-order chi connectivity index (χ1) is 4.50. The summed E-state index contributed by atoms with van der Waals surface area (Å²) in [4.78, 5) is 3.32. The van der Waals surface area contributed by atoms with E-state index in [9.17, 15) is 8.78 Å². The van der Waals surface area contributed by atoms with Gasteiger partial charge in [-0.2, -0.15) is 18.1 Å². The van der Waals surface area contributed by atoms with Gasteiger partial charge in [-0.25, -0.2) is 0 Å². The third-order valence-electron chi connectivity index (χ3n) is 0.834. The van der Waals surface area contributed by atoms with Crippen LogP contribution in [-0.4, -0.2) is 9.36 Å². The number of nitrogen functional groups attached to an aromatic ring is 1. The Balaban J connectivity index is 2.96. The summed E-state index contributed by atoms with van der Waals surface area (Å²) in [6.45, 7) is 0.731. The van der Waals surface area contributed by atoms with Gasteiger partial charge in [-0.1, -0.05) is 0 Å². The Morgan fingerprint density at radius 3 is 2.40 bits per heavy atom. The molecule has 6 heteroatoms. The van der Waals surface area contributed by atoms with Crippen molar-refractivity contribution in [3.05, 3.63) is 5.82 Å². The molecule has 0 aromatic carbocycles. The highest BCUT2D eigenvalue weighted by atomic mass is 32.1. The fraction of sp³-hybridized carbons (Fsp3) is 0.500. The minimum absolute atomic E-state index is 0.0662. The smallest absolute Gasteiger partial charge is 0.304 e. The van der Waals surface area contributed by atoms with Gasteiger partial charge in [-0.3, -0.25) is 0 Å². The van der Waals surface area contributed by atoms with Gasteiger partial charge in [-0.05, 0) is 0 Å². The van der Waals surface area contributed by atoms with E-state index < -0.39 is 11.7 Å². The van der Waals surface area contributed by atoms with Gasteiger partial charge in [-0.15, -0.1) is 0 Å². The standard InChI is InChI=1S/C4H5F2N3S/c1-4(5,6)2-8-3(7)10-9-2/h1H3,(H2,7,8,9). The zero-order chi connectivity index (χ0) is 7.78. The topological polar surface area (TPSA) is 51.8 Å². The molecule has 10 heavy (non-hydrogen) atoms. The number of nitrogens with zero attached hydrogens (tertiary/aromatic N) is 2. The number of rotatable bonds is 1. The lowest BCUT2D eigenvalue weighted by Gasteiger charge is -2.01. The molecule has 0 aliphatic rings. The van der Waals surface area contributed by atoms with Crippen LogP contribution in [0, 0.1) is 0 Å². The Hall–Kier alpha value is -0.780. The van der Waals surface area contributed by atoms with E-state index in [4.69, 9.17) is 5.73 Å². The maximum atomic E-state index is 12.3. The molecule has 0 unspecified atom stereocenters. The second kappa shape index (κ2) is 2.12. The molecule has 1 heterocycles. The molecule has 0 bridgehead atoms. The number of anilines is 1. The van der Waals surface area contributed by atoms with Crippen LogP contribution >= 0.6 is 11.5 Å². The third kappa shape index (κ3) is 1.38. The van der Waals surface area contributed by atoms with Gasteiger partial charge < -0.3 is 5.73 Å². The van der Waals surface area contributed by atoms with Crippen molar-refractivity contribution in [2.75, 3.05) is 5.73 Å². The predicted molar refractivity (Wildman–Crippen MR) is 33.9 cm³/mol. The molecule has 0 atom stereocenters. The molecular weight excluding hydrogens is 160 g/mol. The molecule has 0 saturated carbocycles. The second-order valence-corrected chi connectivity index (χ2v) is 2.63. The SMILES string of the molecule is CC(F)(F)c1nsc(N)n1. The maximum Gasteiger partial charge on any atom is 0.304 e. The normalized spacial score (nSPS) is 11.9. The third-order valence-corrected chi connectivity index (χ3v) is 1.38. The Morgan fingerprint density at radius 1 is 1.60 bits per heavy atom. The minimum Gasteiger partial charge on any atom is -0.374 e. The molecule has 0 saturated heterocycles. The van der Waals surface area contributed by atoms with Gasteiger partial charge in [0.15, 0.2) is 5.13 Å². The molecule has 56 valence electrons. The average Bonchev–Trinajstić information content (AvgIpc) is 2.11. The zero-order valence-electron chi connectivity index (χ0n) is 5.14. The number of hydrogen-bond donors (Lipinski definition) is 1. The van der Waals surface area contributed by atoms with E-state index in [2.05, 4.69) is 9.36 Å². The van der Waals surface area contributed by atoms with Crippen molar-refractivity contribution < 1.29 is 8.78 Å². The largest absolute Gasteiger partial charge is 0.374 e. The number of alkyl halides is 2. The highest BCUT2D eigenvalue weighted by Gasteiger charge is 2.29. The van der Waals surface area contributed by atoms with E-state index in [1.807, 2.05) is 0 Å². The van der Waals surface area contributed by atoms with Crippen LogP contribution in [0.5, 0.6) is 0 Å². The van der Waals surface area contributed by atoms with Crippen LogP contribution in [0.1, 0.15) is 12.7 Å². The van der Waals surface area contributed by atoms with Gasteiger partial charge in [0.05, 0.1) is 0 Å². The monoisotopic (exact) mass is 165 g/mol. The Morgan fingerprint density at radius 2 is 2.20 bits per heavy atom. The van der Waals surface area contributed by atoms with Crippen LogP contribution in [-0.2, 0) is 5.92 Å². The quantitative estimate of drug-likeness (QED) is 0.680. The molecular formula is C4H5F2N3S. The molecule has 0 aliphatic carbocycles. The fourth-order valence-corrected chi connectivity index (χ4v) is 0.922. The van der Waals surface area contributed by atoms with E-state index in [0.29, 0.717) is 0 Å². The lowest BCUT2D eigenvalue weighted by Crippen LogP contribution is -2.09. The molecule has 0 amide bonds. The van der Waals surface area contributed by atoms with E-state index >= 15 is 0 Å². The maximum absolute atomic E-state index is 12.3. The number of hydrogen-bond acceptors (Lipinski definition) is 4. The van der Waals surface area contributed by atoms with E-state index in [1.54, 1.807) is 0 Å². The molecule has 0 radical (unpaired) electrons. The molecule has 1 aromatic heterocycles. The first-order valence-electron chi connectivity index (χ1n) is 2.47. The van der Waals surface area contributed by atoms with Crippen molar-refractivity contribution in [3.8, 4) is 0 Å². The highest BCUT2D eigenvalue weighted by molar-refractivity contribution is 7.09. The molecule has 3 nitrogen and oxygen atoms in total. The van der Waals surface area contributed by atoms with Crippen LogP contribution in [0.4, 0.5) is 13.9 Å². The lowest BCUT2D eigenvalue weighted by molar-refractivity contribution is 0.00907. The second-order valence-electron chi connectivity index (χ2n) is 1.84. The summed E-state index contributed by atoms with van der Waals surface area (Å²) in [5.74, 6) is -3.48. The number of aromatic nitrogens is 2. The van der Waals surface area contributed by atoms with Crippen molar-refractivity contribution in [1.29, 1.82) is 0 Å². The van der Waals surface area contributed by atoms with E-state index in [1.165, 1.54) is 0 Å². The van der Waals surface area contributed by atoms with Gasteiger partial charge >= 0.3 is 5.92 Å². The first-order valence-corrected chi connectivity index (χ1v) is 3.25. The summed E-state index contributed by atoms with van der Waals surface area (Å²) < 4.78 is 27.9. The van der Waals surface area contributed by atoms with Crippen LogP contribution in [0.25, 0.3) is 0 Å². The van der Waals surface area contributed by atoms with Crippen molar-refractivity contribution in [2.24, 2.45) is 0 Å². The first kappa shape index (κ1) is 7.33. The molecule has 1 aromatic rings. The summed E-state index contributed by atoms with van der Waals surface area (Å²) in [6, 6.07) is 0. The van der Waals surface area contributed by atoms with Crippen LogP contribution in [0.15, 0.2) is 0 Å². The van der Waals surface area contributed by atoms with Crippen molar-refractivity contribution in [1.82, 2.24) is 9.36 Å². The van der Waals surface area contributed by atoms with E-state index in [-0.39, 0.29) is 5.13 Å². The molecule has 2 N–H and O–H groups in total. The fourth-order valence-electron chi connectivity index (χ4n) is 0.414. The van der Waals surface area contributed by atoms with Crippen molar-refractivity contribution >= 4 is 16.7 Å². The van der Waals surface area contributed by atoms with Gasteiger partial charge in [0, 0.05) is 18.5 Å². The number of halogens is 2. The Labute approximate surface area is 60.1 Å².